The van der Waals surface area contributed by atoms with Crippen LogP contribution in [0.15, 0.2) is 52.2 Å². The Morgan fingerprint density at radius 3 is 2.52 bits per heavy atom. The van der Waals surface area contributed by atoms with Crippen LogP contribution in [0.1, 0.15) is 32.3 Å². The first-order chi connectivity index (χ1) is 12.9. The maximum Gasteiger partial charge on any atom is 0.336 e. The quantitative estimate of drug-likeness (QED) is 0.751. The third-order valence-corrected chi connectivity index (χ3v) is 4.88. The topological polar surface area (TPSA) is 88.4 Å². The summed E-state index contributed by atoms with van der Waals surface area (Å²) in [7, 11) is 1.31. The highest BCUT2D eigenvalue weighted by Crippen LogP contribution is 2.40. The number of thioether (sulfide) groups is 1. The fourth-order valence-electron chi connectivity index (χ4n) is 2.81. The van der Waals surface area contributed by atoms with Crippen molar-refractivity contribution in [3.05, 3.63) is 57.8 Å². The lowest BCUT2D eigenvalue weighted by atomic mass is 9.82. The number of rotatable bonds is 6. The molecule has 0 spiro atoms. The molecular weight excluding hydrogens is 364 g/mol. The summed E-state index contributed by atoms with van der Waals surface area (Å²) in [6, 6.07) is 11.5. The predicted octanol–water partition coefficient (Wildman–Crippen LogP) is 3.24. The summed E-state index contributed by atoms with van der Waals surface area (Å²) >= 11 is 1.19. The molecule has 1 aromatic carbocycles. The Kier molecular flexibility index (Phi) is 7.08. The Bertz CT molecular complexity index is 822. The minimum absolute atomic E-state index is 0.0635. The molecule has 0 saturated heterocycles. The van der Waals surface area contributed by atoms with E-state index in [4.69, 9.17) is 9.47 Å². The Morgan fingerprint density at radius 2 is 1.96 bits per heavy atom. The van der Waals surface area contributed by atoms with Gasteiger partial charge in [-0.3, -0.25) is 4.79 Å². The number of allylic oxidation sites excluding steroid dienone is 2. The van der Waals surface area contributed by atoms with Crippen LogP contribution in [0, 0.1) is 11.3 Å². The number of carbonyl (C=O) groups excluding carboxylic acids is 2. The molecule has 0 saturated carbocycles. The number of nitrogens with zero attached hydrogens (tertiary/aromatic N) is 1. The number of carbonyl (C=O) groups is 2. The molecule has 1 unspecified atom stereocenters. The van der Waals surface area contributed by atoms with Gasteiger partial charge >= 0.3 is 11.9 Å². The van der Waals surface area contributed by atoms with Crippen molar-refractivity contribution < 1.29 is 19.1 Å². The van der Waals surface area contributed by atoms with Gasteiger partial charge in [-0.2, -0.15) is 5.26 Å². The van der Waals surface area contributed by atoms with E-state index >= 15 is 0 Å². The Balaban J connectivity index is 2.42. The van der Waals surface area contributed by atoms with Crippen molar-refractivity contribution in [3.63, 3.8) is 0 Å². The van der Waals surface area contributed by atoms with Crippen LogP contribution >= 0.6 is 11.8 Å². The van der Waals surface area contributed by atoms with Gasteiger partial charge in [0, 0.05) is 5.70 Å². The van der Waals surface area contributed by atoms with Crippen molar-refractivity contribution in [1.29, 1.82) is 5.26 Å². The van der Waals surface area contributed by atoms with Gasteiger partial charge in [0.1, 0.15) is 0 Å². The summed E-state index contributed by atoms with van der Waals surface area (Å²) < 4.78 is 10.1. The highest BCUT2D eigenvalue weighted by molar-refractivity contribution is 8.03. The molecule has 142 valence electrons. The van der Waals surface area contributed by atoms with Gasteiger partial charge in [0.2, 0.25) is 0 Å². The summed E-state index contributed by atoms with van der Waals surface area (Å²) in [5.41, 5.74) is 2.15. The average Bonchev–Trinajstić information content (AvgIpc) is 2.65. The fraction of sp³-hybridized carbons (Fsp3) is 0.350. The summed E-state index contributed by atoms with van der Waals surface area (Å²) in [5, 5.41) is 13.4. The van der Waals surface area contributed by atoms with Gasteiger partial charge in [0.15, 0.2) is 0 Å². The lowest BCUT2D eigenvalue weighted by molar-refractivity contribution is -0.144. The van der Waals surface area contributed by atoms with Crippen molar-refractivity contribution in [2.75, 3.05) is 12.9 Å². The highest BCUT2D eigenvalue weighted by atomic mass is 32.2. The van der Waals surface area contributed by atoms with Gasteiger partial charge in [0.25, 0.3) is 0 Å². The fourth-order valence-corrected chi connectivity index (χ4v) is 3.69. The number of ether oxygens (including phenoxy) is 2. The number of methoxy groups -OCH3 is 1. The van der Waals surface area contributed by atoms with E-state index in [9.17, 15) is 14.9 Å². The molecule has 0 aromatic heterocycles. The van der Waals surface area contributed by atoms with Crippen LogP contribution in [-0.4, -0.2) is 30.9 Å². The molecule has 0 aliphatic carbocycles. The highest BCUT2D eigenvalue weighted by Gasteiger charge is 2.35. The number of dihydropyridines is 1. The van der Waals surface area contributed by atoms with Crippen LogP contribution in [0.2, 0.25) is 0 Å². The van der Waals surface area contributed by atoms with Crippen LogP contribution < -0.4 is 5.32 Å². The molecule has 1 aliphatic rings. The van der Waals surface area contributed by atoms with Gasteiger partial charge < -0.3 is 14.8 Å². The van der Waals surface area contributed by atoms with E-state index in [2.05, 4.69) is 11.4 Å². The first-order valence-corrected chi connectivity index (χ1v) is 9.45. The smallest absolute Gasteiger partial charge is 0.336 e. The minimum atomic E-state index is -0.562. The van der Waals surface area contributed by atoms with Crippen molar-refractivity contribution in [1.82, 2.24) is 5.32 Å². The van der Waals surface area contributed by atoms with Gasteiger partial charge in [-0.15, -0.1) is 0 Å². The summed E-state index contributed by atoms with van der Waals surface area (Å²) in [6.07, 6.45) is -0.202. The monoisotopic (exact) mass is 386 g/mol. The first-order valence-electron chi connectivity index (χ1n) is 8.46. The number of nitrogens with one attached hydrogen (secondary N) is 1. The van der Waals surface area contributed by atoms with Crippen molar-refractivity contribution in [2.45, 2.75) is 32.8 Å². The number of benzene rings is 1. The molecule has 0 fully saturated rings. The Hall–Kier alpha value is -2.72. The molecule has 0 amide bonds. The third kappa shape index (κ3) is 4.92. The first kappa shape index (κ1) is 20.6. The lowest BCUT2D eigenvalue weighted by Gasteiger charge is -2.29. The van der Waals surface area contributed by atoms with Gasteiger partial charge in [-0.1, -0.05) is 42.1 Å². The van der Waals surface area contributed by atoms with Crippen LogP contribution in [0.5, 0.6) is 0 Å². The number of hydrogen-bond donors (Lipinski definition) is 1. The molecule has 1 aliphatic heterocycles. The predicted molar refractivity (Wildman–Crippen MR) is 103 cm³/mol. The largest absolute Gasteiger partial charge is 0.466 e. The zero-order valence-corrected chi connectivity index (χ0v) is 16.6. The maximum atomic E-state index is 12.4. The third-order valence-electron chi connectivity index (χ3n) is 3.89. The van der Waals surface area contributed by atoms with Crippen LogP contribution in [0.4, 0.5) is 0 Å². The zero-order chi connectivity index (χ0) is 20.0. The second-order valence-electron chi connectivity index (χ2n) is 6.18. The average molecular weight is 386 g/mol. The summed E-state index contributed by atoms with van der Waals surface area (Å²) in [6.45, 7) is 5.31. The molecule has 27 heavy (non-hydrogen) atoms. The molecule has 0 radical (unpaired) electrons. The van der Waals surface area contributed by atoms with E-state index in [-0.39, 0.29) is 17.8 Å². The van der Waals surface area contributed by atoms with Crippen molar-refractivity contribution >= 4 is 23.7 Å². The molecule has 1 N–H and O–H groups in total. The standard InChI is InChI=1S/C20H22N2O4S/c1-12(2)26-16(23)11-27-19-15(10-21)18(14-8-6-5-7-9-14)17(13(3)22-19)20(24)25-4/h5-9,12,18,22H,11H2,1-4H3. The van der Waals surface area contributed by atoms with E-state index in [1.807, 2.05) is 30.3 Å². The number of esters is 2. The molecule has 0 bridgehead atoms. The summed E-state index contributed by atoms with van der Waals surface area (Å²) in [5.74, 6) is -1.36. The second kappa shape index (κ2) is 9.28. The van der Waals surface area contributed by atoms with E-state index in [1.165, 1.54) is 18.9 Å². The van der Waals surface area contributed by atoms with E-state index in [0.717, 1.165) is 5.56 Å². The molecule has 1 heterocycles. The molecular formula is C20H22N2O4S. The van der Waals surface area contributed by atoms with Crippen molar-refractivity contribution in [2.24, 2.45) is 0 Å². The van der Waals surface area contributed by atoms with E-state index in [0.29, 0.717) is 21.9 Å². The number of nitriles is 1. The van der Waals surface area contributed by atoms with Gasteiger partial charge in [-0.25, -0.2) is 4.79 Å². The van der Waals surface area contributed by atoms with Gasteiger partial charge in [-0.05, 0) is 26.3 Å². The summed E-state index contributed by atoms with van der Waals surface area (Å²) in [4.78, 5) is 24.3. The van der Waals surface area contributed by atoms with Crippen molar-refractivity contribution in [3.8, 4) is 6.07 Å². The van der Waals surface area contributed by atoms with Crippen LogP contribution in [0.25, 0.3) is 0 Å². The van der Waals surface area contributed by atoms with E-state index in [1.54, 1.807) is 20.8 Å². The van der Waals surface area contributed by atoms with Crippen LogP contribution in [-0.2, 0) is 19.1 Å². The zero-order valence-electron chi connectivity index (χ0n) is 15.7. The molecule has 6 nitrogen and oxygen atoms in total. The SMILES string of the molecule is COC(=O)C1=C(C)NC(SCC(=O)OC(C)C)=C(C#N)C1c1ccccc1. The Morgan fingerprint density at radius 1 is 1.30 bits per heavy atom. The van der Waals surface area contributed by atoms with E-state index < -0.39 is 11.9 Å². The molecule has 2 rings (SSSR count). The molecule has 1 atom stereocenters. The lowest BCUT2D eigenvalue weighted by Crippen LogP contribution is -2.29. The van der Waals surface area contributed by atoms with Crippen LogP contribution in [0.3, 0.4) is 0 Å². The molecule has 7 heteroatoms. The minimum Gasteiger partial charge on any atom is -0.466 e. The number of hydrogen-bond acceptors (Lipinski definition) is 7. The second-order valence-corrected chi connectivity index (χ2v) is 7.17. The normalized spacial score (nSPS) is 16.7. The Labute approximate surface area is 163 Å². The molecule has 1 aromatic rings. The van der Waals surface area contributed by atoms with Gasteiger partial charge in [0.05, 0.1) is 47.1 Å². The maximum absolute atomic E-state index is 12.4.